The maximum Gasteiger partial charge on any atom is 0.185 e. The third kappa shape index (κ3) is 4.50. The average Bonchev–Trinajstić information content (AvgIpc) is 2.72. The lowest BCUT2D eigenvalue weighted by Crippen LogP contribution is -2.29. The van der Waals surface area contributed by atoms with E-state index in [1.165, 1.54) is 24.9 Å². The summed E-state index contributed by atoms with van der Waals surface area (Å²) < 4.78 is 5.36. The maximum absolute atomic E-state index is 12.4. The number of nitrogens with zero attached hydrogens (tertiary/aromatic N) is 1. The summed E-state index contributed by atoms with van der Waals surface area (Å²) >= 11 is 1.61. The van der Waals surface area contributed by atoms with Crippen LogP contribution in [0.1, 0.15) is 35.2 Å². The van der Waals surface area contributed by atoms with E-state index in [9.17, 15) is 4.79 Å². The van der Waals surface area contributed by atoms with E-state index in [0.29, 0.717) is 5.56 Å². The van der Waals surface area contributed by atoms with Crippen LogP contribution in [0.4, 0.5) is 5.69 Å². The highest BCUT2D eigenvalue weighted by atomic mass is 32.2. The number of ketones is 1. The molecule has 1 heterocycles. The predicted octanol–water partition coefficient (Wildman–Crippen LogP) is 5.30. The molecular weight excluding hydrogens is 342 g/mol. The first-order valence-corrected chi connectivity index (χ1v) is 10.2. The molecule has 3 rings (SSSR count). The van der Waals surface area contributed by atoms with Crippen LogP contribution in [-0.4, -0.2) is 32.2 Å². The number of piperidine rings is 1. The average molecular weight is 368 g/mol. The third-order valence-electron chi connectivity index (χ3n) is 4.71. The van der Waals surface area contributed by atoms with Crippen LogP contribution in [0.25, 0.3) is 6.08 Å². The highest BCUT2D eigenvalue weighted by Gasteiger charge is 2.10. The van der Waals surface area contributed by atoms with Crippen molar-refractivity contribution >= 4 is 29.3 Å². The molecule has 1 aliphatic heterocycles. The minimum Gasteiger partial charge on any atom is -0.496 e. The number of ether oxygens (including phenoxy) is 1. The Labute approximate surface area is 160 Å². The molecule has 0 aliphatic carbocycles. The normalized spacial score (nSPS) is 14.6. The molecule has 0 aromatic heterocycles. The molecular formula is C22H25NO2S. The van der Waals surface area contributed by atoms with Crippen LogP contribution in [0, 0.1) is 0 Å². The number of carbonyl (C=O) groups excluding carboxylic acids is 1. The molecule has 0 amide bonds. The summed E-state index contributed by atoms with van der Waals surface area (Å²) in [6.45, 7) is 2.28. The number of hydrogen-bond acceptors (Lipinski definition) is 4. The zero-order chi connectivity index (χ0) is 18.4. The number of rotatable bonds is 6. The van der Waals surface area contributed by atoms with Gasteiger partial charge >= 0.3 is 0 Å². The van der Waals surface area contributed by atoms with Crippen molar-refractivity contribution in [2.75, 3.05) is 31.4 Å². The quantitative estimate of drug-likeness (QED) is 0.393. The number of carbonyl (C=O) groups is 1. The van der Waals surface area contributed by atoms with Gasteiger partial charge in [-0.25, -0.2) is 0 Å². The van der Waals surface area contributed by atoms with E-state index in [1.807, 2.05) is 24.5 Å². The van der Waals surface area contributed by atoms with Gasteiger partial charge in [0.2, 0.25) is 0 Å². The fourth-order valence-corrected chi connectivity index (χ4v) is 3.75. The Hall–Kier alpha value is -2.20. The molecule has 1 fully saturated rings. The Balaban J connectivity index is 1.68. The van der Waals surface area contributed by atoms with Crippen LogP contribution >= 0.6 is 11.8 Å². The molecule has 3 nitrogen and oxygen atoms in total. The van der Waals surface area contributed by atoms with Gasteiger partial charge in [-0.2, -0.15) is 0 Å². The Kier molecular flexibility index (Phi) is 6.40. The van der Waals surface area contributed by atoms with Crippen LogP contribution < -0.4 is 9.64 Å². The zero-order valence-electron chi connectivity index (χ0n) is 15.4. The first-order valence-electron chi connectivity index (χ1n) is 9.01. The Morgan fingerprint density at radius 2 is 1.81 bits per heavy atom. The molecule has 1 aliphatic rings. The van der Waals surface area contributed by atoms with E-state index < -0.39 is 0 Å². The molecule has 0 unspecified atom stereocenters. The molecule has 0 bridgehead atoms. The van der Waals surface area contributed by atoms with Crippen LogP contribution in [0.2, 0.25) is 0 Å². The number of hydrogen-bond donors (Lipinski definition) is 0. The monoisotopic (exact) mass is 367 g/mol. The van der Waals surface area contributed by atoms with Gasteiger partial charge in [0.05, 0.1) is 7.11 Å². The van der Waals surface area contributed by atoms with Gasteiger partial charge in [0, 0.05) is 29.2 Å². The minimum atomic E-state index is -0.0175. The lowest BCUT2D eigenvalue weighted by molar-refractivity contribution is 0.104. The Morgan fingerprint density at radius 1 is 1.08 bits per heavy atom. The summed E-state index contributed by atoms with van der Waals surface area (Å²) in [6, 6.07) is 14.0. The van der Waals surface area contributed by atoms with E-state index in [0.717, 1.165) is 29.3 Å². The highest BCUT2D eigenvalue weighted by Crippen LogP contribution is 2.28. The van der Waals surface area contributed by atoms with Gasteiger partial charge in [-0.05, 0) is 67.5 Å². The van der Waals surface area contributed by atoms with E-state index >= 15 is 0 Å². The molecule has 26 heavy (non-hydrogen) atoms. The van der Waals surface area contributed by atoms with Gasteiger partial charge in [-0.3, -0.25) is 4.79 Å². The third-order valence-corrected chi connectivity index (χ3v) is 5.49. The lowest BCUT2D eigenvalue weighted by Gasteiger charge is -2.28. The summed E-state index contributed by atoms with van der Waals surface area (Å²) in [7, 11) is 1.63. The largest absolute Gasteiger partial charge is 0.496 e. The Morgan fingerprint density at radius 3 is 2.46 bits per heavy atom. The van der Waals surface area contributed by atoms with E-state index in [4.69, 9.17) is 4.74 Å². The van der Waals surface area contributed by atoms with E-state index in [-0.39, 0.29) is 5.78 Å². The van der Waals surface area contributed by atoms with Gasteiger partial charge in [-0.15, -0.1) is 11.8 Å². The van der Waals surface area contributed by atoms with Crippen molar-refractivity contribution in [2.45, 2.75) is 24.2 Å². The second-order valence-corrected chi connectivity index (χ2v) is 7.25. The summed E-state index contributed by atoms with van der Waals surface area (Å²) in [4.78, 5) is 15.9. The first kappa shape index (κ1) is 18.6. The lowest BCUT2D eigenvalue weighted by atomic mass is 10.1. The first-order chi connectivity index (χ1) is 12.7. The second kappa shape index (κ2) is 8.95. The molecule has 0 saturated carbocycles. The number of thioether (sulfide) groups is 1. The fraction of sp³-hybridized carbons (Fsp3) is 0.318. The molecule has 2 aromatic rings. The SMILES string of the molecule is COc1cc(C(=O)C=Cc2ccc(N3CCCCC3)cc2)ccc1SC. The van der Waals surface area contributed by atoms with Crippen molar-refractivity contribution in [1.29, 1.82) is 0 Å². The standard InChI is InChI=1S/C22H25NO2S/c1-25-21-16-18(9-13-22(21)26-2)20(24)12-8-17-6-10-19(11-7-17)23-14-4-3-5-15-23/h6-13,16H,3-5,14-15H2,1-2H3. The van der Waals surface area contributed by atoms with Crippen molar-refractivity contribution in [3.8, 4) is 5.75 Å². The summed E-state index contributed by atoms with van der Waals surface area (Å²) in [5, 5.41) is 0. The minimum absolute atomic E-state index is 0.0175. The molecule has 0 atom stereocenters. The van der Waals surface area contributed by atoms with Gasteiger partial charge in [0.25, 0.3) is 0 Å². The van der Waals surface area contributed by atoms with Gasteiger partial charge in [-0.1, -0.05) is 18.2 Å². The van der Waals surface area contributed by atoms with Crippen molar-refractivity contribution in [1.82, 2.24) is 0 Å². The highest BCUT2D eigenvalue weighted by molar-refractivity contribution is 7.98. The summed E-state index contributed by atoms with van der Waals surface area (Å²) in [6.07, 6.45) is 9.37. The van der Waals surface area contributed by atoms with Gasteiger partial charge in [0.1, 0.15) is 5.75 Å². The molecule has 0 N–H and O–H groups in total. The molecule has 4 heteroatoms. The van der Waals surface area contributed by atoms with Gasteiger partial charge in [0.15, 0.2) is 5.78 Å². The molecule has 2 aromatic carbocycles. The molecule has 0 radical (unpaired) electrons. The summed E-state index contributed by atoms with van der Waals surface area (Å²) in [5.74, 6) is 0.721. The van der Waals surface area contributed by atoms with Crippen molar-refractivity contribution in [2.24, 2.45) is 0 Å². The van der Waals surface area contributed by atoms with Crippen LogP contribution in [0.5, 0.6) is 5.75 Å². The van der Waals surface area contributed by atoms with Crippen LogP contribution in [-0.2, 0) is 0 Å². The van der Waals surface area contributed by atoms with Crippen molar-refractivity contribution < 1.29 is 9.53 Å². The van der Waals surface area contributed by atoms with Crippen molar-refractivity contribution in [3.63, 3.8) is 0 Å². The zero-order valence-corrected chi connectivity index (χ0v) is 16.2. The molecule has 0 spiro atoms. The number of anilines is 1. The van der Waals surface area contributed by atoms with Gasteiger partial charge < -0.3 is 9.64 Å². The Bertz CT molecular complexity index is 777. The topological polar surface area (TPSA) is 29.5 Å². The summed E-state index contributed by atoms with van der Waals surface area (Å²) in [5.41, 5.74) is 2.94. The number of allylic oxidation sites excluding steroid dienone is 1. The molecule has 1 saturated heterocycles. The maximum atomic E-state index is 12.4. The van der Waals surface area contributed by atoms with Crippen molar-refractivity contribution in [3.05, 3.63) is 59.7 Å². The number of benzene rings is 2. The van der Waals surface area contributed by atoms with Crippen LogP contribution in [0.3, 0.4) is 0 Å². The smallest absolute Gasteiger partial charge is 0.185 e. The number of methoxy groups -OCH3 is 1. The fourth-order valence-electron chi connectivity index (χ4n) is 3.21. The second-order valence-electron chi connectivity index (χ2n) is 6.41. The predicted molar refractivity (Wildman–Crippen MR) is 111 cm³/mol. The van der Waals surface area contributed by atoms with E-state index in [2.05, 4.69) is 29.2 Å². The molecule has 136 valence electrons. The van der Waals surface area contributed by atoms with E-state index in [1.54, 1.807) is 31.0 Å². The van der Waals surface area contributed by atoms with Crippen LogP contribution in [0.15, 0.2) is 53.4 Å².